The summed E-state index contributed by atoms with van der Waals surface area (Å²) in [5.41, 5.74) is -0.223. The van der Waals surface area contributed by atoms with Crippen molar-refractivity contribution in [2.45, 2.75) is 11.1 Å². The van der Waals surface area contributed by atoms with Gasteiger partial charge in [0.05, 0.1) is 16.3 Å². The summed E-state index contributed by atoms with van der Waals surface area (Å²) in [6, 6.07) is 10.2. The van der Waals surface area contributed by atoms with E-state index >= 15 is 4.39 Å². The van der Waals surface area contributed by atoms with Crippen LogP contribution in [0.1, 0.15) is 21.5 Å². The molecule has 2 N–H and O–H groups in total. The lowest BCUT2D eigenvalue weighted by Crippen LogP contribution is -2.15. The van der Waals surface area contributed by atoms with Crippen molar-refractivity contribution < 1.29 is 22.0 Å². The summed E-state index contributed by atoms with van der Waals surface area (Å²) >= 11 is 6.96. The summed E-state index contributed by atoms with van der Waals surface area (Å²) in [6.07, 6.45) is 2.63. The first-order valence-electron chi connectivity index (χ1n) is 9.82. The molecule has 0 unspecified atom stereocenters. The van der Waals surface area contributed by atoms with Gasteiger partial charge in [0.25, 0.3) is 10.0 Å². The van der Waals surface area contributed by atoms with Gasteiger partial charge in [-0.3, -0.25) is 9.52 Å². The molecule has 34 heavy (non-hydrogen) atoms. The molecular weight excluding hydrogens is 504 g/mol. The molecule has 0 spiro atoms. The van der Waals surface area contributed by atoms with Crippen molar-refractivity contribution in [3.63, 3.8) is 0 Å². The van der Waals surface area contributed by atoms with Gasteiger partial charge in [-0.15, -0.1) is 11.3 Å². The van der Waals surface area contributed by atoms with E-state index in [0.717, 1.165) is 39.1 Å². The number of nitrogens with one attached hydrogen (secondary N) is 2. The van der Waals surface area contributed by atoms with Crippen LogP contribution in [0.5, 0.6) is 0 Å². The van der Waals surface area contributed by atoms with E-state index in [1.54, 1.807) is 6.07 Å². The van der Waals surface area contributed by atoms with Crippen molar-refractivity contribution in [3.05, 3.63) is 88.2 Å². The second-order valence-electron chi connectivity index (χ2n) is 7.58. The minimum absolute atomic E-state index is 0.0398. The first kappa shape index (κ1) is 22.5. The molecule has 3 heterocycles. The molecule has 3 aromatic heterocycles. The molecule has 0 saturated carbocycles. The van der Waals surface area contributed by atoms with Crippen molar-refractivity contribution >= 4 is 65.6 Å². The zero-order valence-electron chi connectivity index (χ0n) is 17.3. The summed E-state index contributed by atoms with van der Waals surface area (Å²) in [4.78, 5) is 19.8. The Kier molecular flexibility index (Phi) is 5.38. The Morgan fingerprint density at radius 2 is 1.94 bits per heavy atom. The molecule has 5 rings (SSSR count). The van der Waals surface area contributed by atoms with Gasteiger partial charge in [0.1, 0.15) is 15.7 Å². The lowest BCUT2D eigenvalue weighted by Gasteiger charge is -2.11. The third-order valence-electron chi connectivity index (χ3n) is 5.22. The van der Waals surface area contributed by atoms with Crippen molar-refractivity contribution in [3.8, 4) is 0 Å². The highest BCUT2D eigenvalue weighted by Gasteiger charge is 2.27. The van der Waals surface area contributed by atoms with Crippen molar-refractivity contribution in [2.24, 2.45) is 0 Å². The molecule has 2 aromatic carbocycles. The maximum absolute atomic E-state index is 15.3. The minimum atomic E-state index is -4.20. The van der Waals surface area contributed by atoms with Crippen molar-refractivity contribution in [1.82, 2.24) is 9.97 Å². The van der Waals surface area contributed by atoms with E-state index in [1.165, 1.54) is 24.5 Å². The second kappa shape index (κ2) is 8.15. The van der Waals surface area contributed by atoms with Crippen LogP contribution in [0, 0.1) is 18.6 Å². The molecule has 0 fully saturated rings. The SMILES string of the molecule is Cc1ccc2sc(S(=O)(=O)Nc3ccc(F)c(C(=O)c4c[nH]c5ncc(Cl)cc45)c3F)cc2c1. The molecule has 0 radical (unpaired) electrons. The second-order valence-corrected chi connectivity index (χ2v) is 11.0. The number of benzene rings is 2. The quantitative estimate of drug-likeness (QED) is 0.278. The van der Waals surface area contributed by atoms with Gasteiger partial charge in [0.15, 0.2) is 5.82 Å². The molecule has 0 atom stereocenters. The molecule has 5 aromatic rings. The van der Waals surface area contributed by atoms with Gasteiger partial charge < -0.3 is 4.98 Å². The number of anilines is 1. The number of aromatic nitrogens is 2. The van der Waals surface area contributed by atoms with E-state index in [-0.39, 0.29) is 20.2 Å². The highest BCUT2D eigenvalue weighted by atomic mass is 35.5. The molecule has 0 saturated heterocycles. The van der Waals surface area contributed by atoms with E-state index in [1.807, 2.05) is 19.1 Å². The number of carbonyl (C=O) groups is 1. The number of thiophene rings is 1. The van der Waals surface area contributed by atoms with Crippen LogP contribution < -0.4 is 4.72 Å². The third kappa shape index (κ3) is 3.83. The standard InChI is InChI=1S/C23H14ClF2N3O3S2/c1-11-2-5-18-12(6-11)7-19(33-18)34(31,32)29-17-4-3-16(25)20(21(17)26)22(30)15-10-28-23-14(15)8-13(24)9-27-23/h2-10,29H,1H3,(H,27,28). The predicted molar refractivity (Wildman–Crippen MR) is 128 cm³/mol. The maximum atomic E-state index is 15.3. The Bertz CT molecular complexity index is 1730. The van der Waals surface area contributed by atoms with Gasteiger partial charge in [-0.05, 0) is 42.6 Å². The number of nitrogens with zero attached hydrogens (tertiary/aromatic N) is 1. The lowest BCUT2D eigenvalue weighted by atomic mass is 10.0. The summed E-state index contributed by atoms with van der Waals surface area (Å²) in [5.74, 6) is -3.44. The van der Waals surface area contributed by atoms with Crippen molar-refractivity contribution in [1.29, 1.82) is 0 Å². The molecule has 0 bridgehead atoms. The number of carbonyl (C=O) groups excluding carboxylic acids is 1. The Morgan fingerprint density at radius 3 is 2.74 bits per heavy atom. The van der Waals surface area contributed by atoms with Crippen LogP contribution in [0.15, 0.2) is 59.1 Å². The number of pyridine rings is 1. The first-order chi connectivity index (χ1) is 16.1. The fourth-order valence-corrected chi connectivity index (χ4v) is 6.20. The van der Waals surface area contributed by atoms with E-state index in [0.29, 0.717) is 5.65 Å². The van der Waals surface area contributed by atoms with Gasteiger partial charge in [-0.2, -0.15) is 0 Å². The average Bonchev–Trinajstić information content (AvgIpc) is 3.39. The number of ketones is 1. The number of hydrogen-bond acceptors (Lipinski definition) is 5. The van der Waals surface area contributed by atoms with Crippen LogP contribution >= 0.6 is 22.9 Å². The Balaban J connectivity index is 1.55. The maximum Gasteiger partial charge on any atom is 0.271 e. The zero-order valence-corrected chi connectivity index (χ0v) is 19.7. The van der Waals surface area contributed by atoms with Gasteiger partial charge in [-0.1, -0.05) is 29.3 Å². The molecule has 0 aliphatic rings. The molecular formula is C23H14ClF2N3O3S2. The monoisotopic (exact) mass is 517 g/mol. The van der Waals surface area contributed by atoms with Gasteiger partial charge in [0, 0.05) is 28.0 Å². The Labute approximate surface area is 201 Å². The number of rotatable bonds is 5. The fourth-order valence-electron chi connectivity index (χ4n) is 3.61. The smallest absolute Gasteiger partial charge is 0.271 e. The van der Waals surface area contributed by atoms with Crippen LogP contribution in [0.3, 0.4) is 0 Å². The van der Waals surface area contributed by atoms with E-state index in [4.69, 9.17) is 11.6 Å². The molecule has 11 heteroatoms. The summed E-state index contributed by atoms with van der Waals surface area (Å²) in [6.45, 7) is 1.88. The Morgan fingerprint density at radius 1 is 1.15 bits per heavy atom. The summed E-state index contributed by atoms with van der Waals surface area (Å²) in [5, 5.41) is 1.25. The zero-order chi connectivity index (χ0) is 24.2. The highest BCUT2D eigenvalue weighted by molar-refractivity contribution is 7.94. The van der Waals surface area contributed by atoms with Gasteiger partial charge in [-0.25, -0.2) is 22.2 Å². The first-order valence-corrected chi connectivity index (χ1v) is 12.5. The number of sulfonamides is 1. The number of halogens is 3. The van der Waals surface area contributed by atoms with Crippen LogP contribution in [0.4, 0.5) is 14.5 Å². The number of fused-ring (bicyclic) bond motifs is 2. The lowest BCUT2D eigenvalue weighted by molar-refractivity contribution is 0.103. The number of hydrogen-bond donors (Lipinski definition) is 2. The van der Waals surface area contributed by atoms with Crippen molar-refractivity contribution in [2.75, 3.05) is 4.72 Å². The molecule has 6 nitrogen and oxygen atoms in total. The molecule has 0 aliphatic carbocycles. The summed E-state index contributed by atoms with van der Waals surface area (Å²) in [7, 11) is -4.20. The highest BCUT2D eigenvalue weighted by Crippen LogP contribution is 2.33. The third-order valence-corrected chi connectivity index (χ3v) is 8.38. The Hall–Kier alpha value is -3.34. The summed E-state index contributed by atoms with van der Waals surface area (Å²) < 4.78 is 58.6. The normalized spacial score (nSPS) is 11.9. The van der Waals surface area contributed by atoms with Gasteiger partial charge >= 0.3 is 0 Å². The molecule has 172 valence electrons. The minimum Gasteiger partial charge on any atom is -0.345 e. The molecule has 0 amide bonds. The average molecular weight is 518 g/mol. The number of aryl methyl sites for hydroxylation is 1. The fraction of sp³-hybridized carbons (Fsp3) is 0.0435. The molecule has 0 aliphatic heterocycles. The number of H-pyrrole nitrogens is 1. The predicted octanol–water partition coefficient (Wildman–Crippen LogP) is 6.05. The van der Waals surface area contributed by atoms with Crippen LogP contribution in [0.2, 0.25) is 5.02 Å². The topological polar surface area (TPSA) is 91.9 Å². The van der Waals surface area contributed by atoms with Crippen LogP contribution in [-0.4, -0.2) is 24.2 Å². The van der Waals surface area contributed by atoms with E-state index < -0.39 is 38.7 Å². The van der Waals surface area contributed by atoms with E-state index in [2.05, 4.69) is 14.7 Å². The van der Waals surface area contributed by atoms with E-state index in [9.17, 15) is 17.6 Å². The largest absolute Gasteiger partial charge is 0.345 e. The number of aromatic amines is 1. The van der Waals surface area contributed by atoms with Gasteiger partial charge in [0.2, 0.25) is 5.78 Å². The van der Waals surface area contributed by atoms with Crippen LogP contribution in [0.25, 0.3) is 21.1 Å². The van der Waals surface area contributed by atoms with Crippen LogP contribution in [-0.2, 0) is 10.0 Å².